The molecule has 1 N–H and O–H groups in total. The lowest BCUT2D eigenvalue weighted by molar-refractivity contribution is -0.117. The summed E-state index contributed by atoms with van der Waals surface area (Å²) >= 11 is 0. The third-order valence-electron chi connectivity index (χ3n) is 4.81. The van der Waals surface area contributed by atoms with Crippen LogP contribution in [0.2, 0.25) is 0 Å². The van der Waals surface area contributed by atoms with E-state index in [-0.39, 0.29) is 23.7 Å². The van der Waals surface area contributed by atoms with Crippen LogP contribution in [0, 0.1) is 5.82 Å². The molecular formula is C21H24FN3O2. The third kappa shape index (κ3) is 4.52. The van der Waals surface area contributed by atoms with E-state index in [2.05, 4.69) is 5.32 Å². The first-order valence-corrected chi connectivity index (χ1v) is 9.06. The van der Waals surface area contributed by atoms with Crippen molar-refractivity contribution in [1.82, 2.24) is 10.2 Å². The molecule has 0 unspecified atom stereocenters. The fraction of sp³-hybridized carbons (Fsp3) is 0.333. The Morgan fingerprint density at radius 3 is 2.67 bits per heavy atom. The Morgan fingerprint density at radius 2 is 2.00 bits per heavy atom. The number of likely N-dealkylation sites (N-methyl/N-ethyl adjacent to an activating group) is 1. The summed E-state index contributed by atoms with van der Waals surface area (Å²) in [4.78, 5) is 28.2. The van der Waals surface area contributed by atoms with Gasteiger partial charge in [0.05, 0.1) is 6.04 Å². The number of rotatable bonds is 6. The van der Waals surface area contributed by atoms with E-state index in [9.17, 15) is 14.0 Å². The Bertz CT molecular complexity index is 838. The summed E-state index contributed by atoms with van der Waals surface area (Å²) < 4.78 is 13.5. The molecule has 0 spiro atoms. The zero-order valence-corrected chi connectivity index (χ0v) is 15.6. The molecule has 1 saturated heterocycles. The van der Waals surface area contributed by atoms with Crippen LogP contribution < -0.4 is 10.2 Å². The molecule has 1 aliphatic heterocycles. The van der Waals surface area contributed by atoms with E-state index in [1.807, 2.05) is 31.1 Å². The average Bonchev–Trinajstić information content (AvgIpc) is 3.07. The van der Waals surface area contributed by atoms with Crippen LogP contribution in [-0.2, 0) is 4.79 Å². The number of carbonyl (C=O) groups is 2. The highest BCUT2D eigenvalue weighted by Crippen LogP contribution is 2.23. The molecule has 1 aliphatic rings. The van der Waals surface area contributed by atoms with Crippen molar-refractivity contribution in [3.63, 3.8) is 0 Å². The highest BCUT2D eigenvalue weighted by Gasteiger charge is 2.22. The van der Waals surface area contributed by atoms with Crippen molar-refractivity contribution in [3.05, 3.63) is 65.5 Å². The molecular weight excluding hydrogens is 345 g/mol. The van der Waals surface area contributed by atoms with Gasteiger partial charge in [-0.3, -0.25) is 9.59 Å². The molecule has 27 heavy (non-hydrogen) atoms. The van der Waals surface area contributed by atoms with Crippen LogP contribution in [0.4, 0.5) is 10.1 Å². The minimum atomic E-state index is -0.298. The van der Waals surface area contributed by atoms with Crippen molar-refractivity contribution < 1.29 is 14.0 Å². The lowest BCUT2D eigenvalue weighted by atomic mass is 10.1. The summed E-state index contributed by atoms with van der Waals surface area (Å²) in [6.07, 6.45) is 1.39. The van der Waals surface area contributed by atoms with Gasteiger partial charge >= 0.3 is 0 Å². The van der Waals surface area contributed by atoms with Crippen molar-refractivity contribution in [2.45, 2.75) is 18.9 Å². The summed E-state index contributed by atoms with van der Waals surface area (Å²) in [7, 11) is 3.78. The molecule has 0 bridgehead atoms. The first-order chi connectivity index (χ1) is 13.0. The normalized spacial score (nSPS) is 15.3. The third-order valence-corrected chi connectivity index (χ3v) is 4.81. The highest BCUT2D eigenvalue weighted by atomic mass is 19.1. The zero-order valence-electron chi connectivity index (χ0n) is 15.6. The summed E-state index contributed by atoms with van der Waals surface area (Å²) in [6.45, 7) is 1.04. The Labute approximate surface area is 158 Å². The SMILES string of the molecule is CN(C)[C@H](CNC(=O)c1cccc(N2CCCC2=O)c1)c1cccc(F)c1. The van der Waals surface area contributed by atoms with Gasteiger partial charge in [-0.05, 0) is 56.4 Å². The number of carbonyl (C=O) groups excluding carboxylic acids is 2. The predicted octanol–water partition coefficient (Wildman–Crippen LogP) is 2.99. The molecule has 1 atom stereocenters. The quantitative estimate of drug-likeness (QED) is 0.852. The molecule has 3 rings (SSSR count). The molecule has 6 heteroatoms. The molecule has 0 saturated carbocycles. The van der Waals surface area contributed by atoms with E-state index in [1.54, 1.807) is 29.2 Å². The van der Waals surface area contributed by atoms with Crippen molar-refractivity contribution in [3.8, 4) is 0 Å². The van der Waals surface area contributed by atoms with Gasteiger partial charge in [-0.15, -0.1) is 0 Å². The fourth-order valence-electron chi connectivity index (χ4n) is 3.34. The van der Waals surface area contributed by atoms with Crippen LogP contribution in [0.5, 0.6) is 0 Å². The van der Waals surface area contributed by atoms with E-state index in [0.717, 1.165) is 17.7 Å². The van der Waals surface area contributed by atoms with Crippen molar-refractivity contribution in [2.24, 2.45) is 0 Å². The molecule has 0 radical (unpaired) electrons. The van der Waals surface area contributed by atoms with E-state index >= 15 is 0 Å². The van der Waals surface area contributed by atoms with Crippen LogP contribution in [0.25, 0.3) is 0 Å². The van der Waals surface area contributed by atoms with Gasteiger partial charge in [0.2, 0.25) is 5.91 Å². The summed E-state index contributed by atoms with van der Waals surface area (Å²) in [5, 5.41) is 2.92. The molecule has 142 valence electrons. The van der Waals surface area contributed by atoms with Crippen LogP contribution in [0.1, 0.15) is 34.8 Å². The maximum absolute atomic E-state index is 13.5. The van der Waals surface area contributed by atoms with Crippen molar-refractivity contribution in [1.29, 1.82) is 0 Å². The number of hydrogen-bond donors (Lipinski definition) is 1. The summed E-state index contributed by atoms with van der Waals surface area (Å²) in [5.74, 6) is -0.424. The Kier molecular flexibility index (Phi) is 5.86. The smallest absolute Gasteiger partial charge is 0.251 e. The topological polar surface area (TPSA) is 52.7 Å². The molecule has 1 heterocycles. The zero-order chi connectivity index (χ0) is 19.4. The molecule has 2 aromatic carbocycles. The highest BCUT2D eigenvalue weighted by molar-refractivity contribution is 5.99. The van der Waals surface area contributed by atoms with Crippen LogP contribution in [0.15, 0.2) is 48.5 Å². The van der Waals surface area contributed by atoms with Gasteiger partial charge in [-0.25, -0.2) is 4.39 Å². The first kappa shape index (κ1) is 19.0. The number of nitrogens with zero attached hydrogens (tertiary/aromatic N) is 2. The van der Waals surface area contributed by atoms with Gasteiger partial charge in [0.15, 0.2) is 0 Å². The lowest BCUT2D eigenvalue weighted by Crippen LogP contribution is -2.34. The second kappa shape index (κ2) is 8.31. The average molecular weight is 369 g/mol. The number of benzene rings is 2. The molecule has 0 aromatic heterocycles. The van der Waals surface area contributed by atoms with Crippen LogP contribution in [-0.4, -0.2) is 43.9 Å². The first-order valence-electron chi connectivity index (χ1n) is 9.06. The molecule has 2 aromatic rings. The largest absolute Gasteiger partial charge is 0.350 e. The number of halogens is 1. The van der Waals surface area contributed by atoms with Crippen molar-refractivity contribution in [2.75, 3.05) is 32.1 Å². The number of nitrogens with one attached hydrogen (secondary N) is 1. The summed E-state index contributed by atoms with van der Waals surface area (Å²) in [5.41, 5.74) is 2.06. The monoisotopic (exact) mass is 369 g/mol. The Balaban J connectivity index is 1.70. The van der Waals surface area contributed by atoms with Gasteiger partial charge in [-0.2, -0.15) is 0 Å². The van der Waals surface area contributed by atoms with E-state index in [0.29, 0.717) is 25.1 Å². The molecule has 0 aliphatic carbocycles. The minimum absolute atomic E-state index is 0.0892. The van der Waals surface area contributed by atoms with Gasteiger partial charge in [0.25, 0.3) is 5.91 Å². The van der Waals surface area contributed by atoms with Gasteiger partial charge < -0.3 is 15.1 Å². The van der Waals surface area contributed by atoms with Gasteiger partial charge in [-0.1, -0.05) is 18.2 Å². The standard InChI is InChI=1S/C21H24FN3O2/c1-24(2)19(15-6-3-8-17(22)12-15)14-23-21(27)16-7-4-9-18(13-16)25-11-5-10-20(25)26/h3-4,6-9,12-13,19H,5,10-11,14H2,1-2H3,(H,23,27)/t19-/m1/s1. The van der Waals surface area contributed by atoms with Crippen LogP contribution in [0.3, 0.4) is 0 Å². The lowest BCUT2D eigenvalue weighted by Gasteiger charge is -2.25. The molecule has 2 amide bonds. The number of amides is 2. The Morgan fingerprint density at radius 1 is 1.22 bits per heavy atom. The second-order valence-electron chi connectivity index (χ2n) is 6.94. The maximum atomic E-state index is 13.5. The van der Waals surface area contributed by atoms with Gasteiger partial charge in [0.1, 0.15) is 5.82 Å². The van der Waals surface area contributed by atoms with E-state index in [4.69, 9.17) is 0 Å². The number of hydrogen-bond acceptors (Lipinski definition) is 3. The Hall–Kier alpha value is -2.73. The van der Waals surface area contributed by atoms with Crippen molar-refractivity contribution >= 4 is 17.5 Å². The van der Waals surface area contributed by atoms with Gasteiger partial charge in [0, 0.05) is 30.8 Å². The predicted molar refractivity (Wildman–Crippen MR) is 103 cm³/mol. The summed E-state index contributed by atoms with van der Waals surface area (Å²) in [6, 6.07) is 13.3. The fourth-order valence-corrected chi connectivity index (χ4v) is 3.34. The van der Waals surface area contributed by atoms with Crippen LogP contribution >= 0.6 is 0 Å². The van der Waals surface area contributed by atoms with E-state index in [1.165, 1.54) is 12.1 Å². The molecule has 1 fully saturated rings. The number of anilines is 1. The molecule has 5 nitrogen and oxygen atoms in total. The minimum Gasteiger partial charge on any atom is -0.350 e. The maximum Gasteiger partial charge on any atom is 0.251 e. The van der Waals surface area contributed by atoms with E-state index < -0.39 is 0 Å². The second-order valence-corrected chi connectivity index (χ2v) is 6.94.